The molecule has 0 aliphatic carbocycles. The van der Waals surface area contributed by atoms with Crippen molar-refractivity contribution >= 4 is 40.8 Å². The Labute approximate surface area is 232 Å². The Kier molecular flexibility index (Phi) is 9.00. The summed E-state index contributed by atoms with van der Waals surface area (Å²) in [6.07, 6.45) is 0.689. The van der Waals surface area contributed by atoms with Crippen LogP contribution in [-0.2, 0) is 27.2 Å². The molecule has 10 heteroatoms. The van der Waals surface area contributed by atoms with Gasteiger partial charge in [0.2, 0.25) is 5.91 Å². The molecule has 1 aliphatic rings. The first kappa shape index (κ1) is 28.2. The van der Waals surface area contributed by atoms with Crippen LogP contribution in [0.4, 0.5) is 21.9 Å². The van der Waals surface area contributed by atoms with E-state index >= 15 is 0 Å². The third-order valence-electron chi connectivity index (χ3n) is 6.58. The number of ether oxygens (including phenoxy) is 1. The molecule has 1 atom stereocenters. The molecule has 10 nitrogen and oxygen atoms in total. The van der Waals surface area contributed by atoms with Crippen LogP contribution < -0.4 is 25.6 Å². The van der Waals surface area contributed by atoms with Gasteiger partial charge in [0, 0.05) is 31.3 Å². The van der Waals surface area contributed by atoms with Gasteiger partial charge in [-0.2, -0.15) is 0 Å². The van der Waals surface area contributed by atoms with E-state index in [0.29, 0.717) is 29.2 Å². The van der Waals surface area contributed by atoms with Crippen LogP contribution in [-0.4, -0.2) is 49.0 Å². The summed E-state index contributed by atoms with van der Waals surface area (Å²) in [6, 6.07) is 19.1. The summed E-state index contributed by atoms with van der Waals surface area (Å²) in [6.45, 7) is 1.98. The van der Waals surface area contributed by atoms with Crippen LogP contribution in [0, 0.1) is 0 Å². The molecule has 1 aliphatic heterocycles. The number of amides is 3. The Balaban J connectivity index is 1.35. The number of carboxylic acids is 1. The van der Waals surface area contributed by atoms with E-state index in [-0.39, 0.29) is 37.1 Å². The molecular formula is C30H32N4O6. The third-order valence-corrected chi connectivity index (χ3v) is 6.58. The van der Waals surface area contributed by atoms with Crippen molar-refractivity contribution in [3.63, 3.8) is 0 Å². The fraction of sp³-hybridized carbons (Fsp3) is 0.267. The number of aliphatic carboxylic acids is 1. The van der Waals surface area contributed by atoms with Gasteiger partial charge in [-0.3, -0.25) is 19.3 Å². The minimum atomic E-state index is -1.03. The SMILES string of the molecule is COc1cc(CC(=O)CNc2cccc(C(CC(=O)O)NC(C)=O)c2)ccc1NC(=O)N1CCc2ccccc21. The first-order chi connectivity index (χ1) is 19.2. The lowest BCUT2D eigenvalue weighted by Crippen LogP contribution is -2.33. The fourth-order valence-electron chi connectivity index (χ4n) is 4.71. The van der Waals surface area contributed by atoms with Gasteiger partial charge in [0.25, 0.3) is 0 Å². The van der Waals surface area contributed by atoms with Crippen molar-refractivity contribution in [3.05, 3.63) is 83.4 Å². The lowest BCUT2D eigenvalue weighted by atomic mass is 10.0. The Morgan fingerprint density at radius 3 is 2.58 bits per heavy atom. The number of para-hydroxylation sites is 1. The summed E-state index contributed by atoms with van der Waals surface area (Å²) in [5, 5.41) is 17.8. The van der Waals surface area contributed by atoms with E-state index in [1.165, 1.54) is 14.0 Å². The normalized spacial score (nSPS) is 12.7. The first-order valence-electron chi connectivity index (χ1n) is 12.9. The summed E-state index contributed by atoms with van der Waals surface area (Å²) in [5.41, 5.74) is 4.52. The summed E-state index contributed by atoms with van der Waals surface area (Å²) >= 11 is 0. The zero-order chi connectivity index (χ0) is 28.6. The standard InChI is InChI=1S/C30H32N4O6/c1-19(35)32-26(17-29(37)38)22-7-5-8-23(16-22)31-18-24(36)14-20-10-11-25(28(15-20)40-2)33-30(39)34-13-12-21-6-3-4-9-27(21)34/h3-11,15-16,26,31H,12-14,17-18H2,1-2H3,(H,32,35)(H,33,39)(H,37,38). The van der Waals surface area contributed by atoms with E-state index in [4.69, 9.17) is 4.74 Å². The van der Waals surface area contributed by atoms with Crippen molar-refractivity contribution in [2.24, 2.45) is 0 Å². The number of carboxylic acid groups (broad SMARTS) is 1. The van der Waals surface area contributed by atoms with Crippen molar-refractivity contribution in [2.75, 3.05) is 35.7 Å². The topological polar surface area (TPSA) is 137 Å². The molecule has 3 amide bonds. The van der Waals surface area contributed by atoms with Gasteiger partial charge < -0.3 is 25.8 Å². The Bertz CT molecular complexity index is 1410. The van der Waals surface area contributed by atoms with Crippen molar-refractivity contribution in [2.45, 2.75) is 32.2 Å². The number of hydrogen-bond acceptors (Lipinski definition) is 6. The van der Waals surface area contributed by atoms with Gasteiger partial charge in [-0.15, -0.1) is 0 Å². The molecular weight excluding hydrogens is 512 g/mol. The second kappa shape index (κ2) is 12.8. The molecule has 1 unspecified atom stereocenters. The summed E-state index contributed by atoms with van der Waals surface area (Å²) < 4.78 is 5.49. The van der Waals surface area contributed by atoms with Gasteiger partial charge >= 0.3 is 12.0 Å². The van der Waals surface area contributed by atoms with Crippen molar-refractivity contribution in [1.29, 1.82) is 0 Å². The van der Waals surface area contributed by atoms with Gasteiger partial charge in [-0.05, 0) is 53.4 Å². The predicted octanol–water partition coefficient (Wildman–Crippen LogP) is 4.17. The van der Waals surface area contributed by atoms with E-state index in [2.05, 4.69) is 16.0 Å². The zero-order valence-corrected chi connectivity index (χ0v) is 22.4. The highest BCUT2D eigenvalue weighted by Crippen LogP contribution is 2.30. The highest BCUT2D eigenvalue weighted by atomic mass is 16.5. The predicted molar refractivity (Wildman–Crippen MR) is 152 cm³/mol. The fourth-order valence-corrected chi connectivity index (χ4v) is 4.71. The number of Topliss-reactive ketones (excluding diaryl/α,β-unsaturated/α-hetero) is 1. The minimum Gasteiger partial charge on any atom is -0.495 e. The number of urea groups is 1. The maximum absolute atomic E-state index is 12.9. The highest BCUT2D eigenvalue weighted by Gasteiger charge is 2.25. The minimum absolute atomic E-state index is 0.0440. The van der Waals surface area contributed by atoms with E-state index < -0.39 is 12.0 Å². The third kappa shape index (κ3) is 7.16. The largest absolute Gasteiger partial charge is 0.495 e. The molecule has 1 heterocycles. The molecule has 3 aromatic carbocycles. The molecule has 0 radical (unpaired) electrons. The number of carbonyl (C=O) groups excluding carboxylic acids is 3. The van der Waals surface area contributed by atoms with Crippen molar-refractivity contribution < 1.29 is 29.0 Å². The number of hydrogen-bond donors (Lipinski definition) is 4. The van der Waals surface area contributed by atoms with E-state index in [0.717, 1.165) is 23.2 Å². The molecule has 40 heavy (non-hydrogen) atoms. The molecule has 4 N–H and O–H groups in total. The smallest absolute Gasteiger partial charge is 0.326 e. The second-order valence-corrected chi connectivity index (χ2v) is 9.54. The quantitative estimate of drug-likeness (QED) is 0.284. The number of carbonyl (C=O) groups is 4. The number of rotatable bonds is 11. The number of methoxy groups -OCH3 is 1. The van der Waals surface area contributed by atoms with Gasteiger partial charge in [0.1, 0.15) is 5.75 Å². The van der Waals surface area contributed by atoms with Crippen LogP contribution in [0.15, 0.2) is 66.7 Å². The number of fused-ring (bicyclic) bond motifs is 1. The Morgan fingerprint density at radius 2 is 1.82 bits per heavy atom. The number of nitrogens with zero attached hydrogens (tertiary/aromatic N) is 1. The monoisotopic (exact) mass is 544 g/mol. The molecule has 0 saturated heterocycles. The van der Waals surface area contributed by atoms with Crippen LogP contribution in [0.25, 0.3) is 0 Å². The average Bonchev–Trinajstić information content (AvgIpc) is 3.36. The van der Waals surface area contributed by atoms with Gasteiger partial charge in [0.05, 0.1) is 31.8 Å². The first-order valence-corrected chi connectivity index (χ1v) is 12.9. The van der Waals surface area contributed by atoms with Crippen molar-refractivity contribution in [1.82, 2.24) is 5.32 Å². The van der Waals surface area contributed by atoms with Crippen LogP contribution in [0.3, 0.4) is 0 Å². The van der Waals surface area contributed by atoms with Gasteiger partial charge in [0.15, 0.2) is 5.78 Å². The lowest BCUT2D eigenvalue weighted by molar-refractivity contribution is -0.137. The molecule has 0 spiro atoms. The molecule has 0 bridgehead atoms. The molecule has 3 aromatic rings. The Hall–Kier alpha value is -4.86. The summed E-state index contributed by atoms with van der Waals surface area (Å²) in [5.74, 6) is -0.993. The number of benzene rings is 3. The number of anilines is 3. The number of ketones is 1. The van der Waals surface area contributed by atoms with Crippen molar-refractivity contribution in [3.8, 4) is 5.75 Å². The van der Waals surface area contributed by atoms with Gasteiger partial charge in [-0.25, -0.2) is 4.79 Å². The highest BCUT2D eigenvalue weighted by molar-refractivity contribution is 6.04. The van der Waals surface area contributed by atoms with E-state index in [9.17, 15) is 24.3 Å². The van der Waals surface area contributed by atoms with Gasteiger partial charge in [-0.1, -0.05) is 36.4 Å². The summed E-state index contributed by atoms with van der Waals surface area (Å²) in [4.78, 5) is 50.1. The molecule has 0 aromatic heterocycles. The second-order valence-electron chi connectivity index (χ2n) is 9.54. The van der Waals surface area contributed by atoms with Crippen LogP contribution in [0.2, 0.25) is 0 Å². The maximum Gasteiger partial charge on any atom is 0.326 e. The lowest BCUT2D eigenvalue weighted by Gasteiger charge is -2.19. The molecule has 208 valence electrons. The maximum atomic E-state index is 12.9. The van der Waals surface area contributed by atoms with E-state index in [1.54, 1.807) is 47.4 Å². The molecule has 0 fully saturated rings. The molecule has 0 saturated carbocycles. The Morgan fingerprint density at radius 1 is 1.02 bits per heavy atom. The molecule has 4 rings (SSSR count). The number of nitrogens with one attached hydrogen (secondary N) is 3. The van der Waals surface area contributed by atoms with Crippen LogP contribution in [0.5, 0.6) is 5.75 Å². The zero-order valence-electron chi connectivity index (χ0n) is 22.4. The van der Waals surface area contributed by atoms with Crippen LogP contribution >= 0.6 is 0 Å². The van der Waals surface area contributed by atoms with Crippen LogP contribution in [0.1, 0.15) is 36.1 Å². The van der Waals surface area contributed by atoms with E-state index in [1.807, 2.05) is 24.3 Å². The summed E-state index contributed by atoms with van der Waals surface area (Å²) in [7, 11) is 1.51. The average molecular weight is 545 g/mol.